The maximum Gasteiger partial charge on any atom is 0.178 e. The van der Waals surface area contributed by atoms with Crippen LogP contribution in [-0.2, 0) is 9.84 Å². The van der Waals surface area contributed by atoms with Gasteiger partial charge in [0.25, 0.3) is 0 Å². The number of aromatic amines is 1. The second-order valence-electron chi connectivity index (χ2n) is 9.66. The van der Waals surface area contributed by atoms with Crippen LogP contribution in [0.5, 0.6) is 5.75 Å². The Balaban J connectivity index is 0.00000320. The first-order chi connectivity index (χ1) is 17.2. The number of benzene rings is 3. The number of ether oxygens (including phenoxy) is 1. The minimum Gasteiger partial charge on any atom is -0.490 e. The number of aliphatic hydroxyl groups is 1. The number of sulfone groups is 1. The van der Waals surface area contributed by atoms with Crippen molar-refractivity contribution in [3.63, 3.8) is 0 Å². The van der Waals surface area contributed by atoms with Crippen LogP contribution in [0.1, 0.15) is 44.0 Å². The lowest BCUT2D eigenvalue weighted by Crippen LogP contribution is -2.10. The number of aromatic nitrogens is 2. The van der Waals surface area contributed by atoms with E-state index in [4.69, 9.17) is 21.3 Å². The first-order valence-corrected chi connectivity index (χ1v) is 14.2. The Bertz CT molecular complexity index is 1500. The molecule has 1 aromatic heterocycles. The molecule has 6 nitrogen and oxygen atoms in total. The Morgan fingerprint density at radius 1 is 1.08 bits per heavy atom. The fourth-order valence-corrected chi connectivity index (χ4v) is 6.38. The number of imidazole rings is 1. The Morgan fingerprint density at radius 2 is 1.78 bits per heavy atom. The lowest BCUT2D eigenvalue weighted by molar-refractivity contribution is 0.243. The van der Waals surface area contributed by atoms with Crippen LogP contribution in [0, 0.1) is 5.92 Å². The predicted octanol–water partition coefficient (Wildman–Crippen LogP) is 6.09. The number of para-hydroxylation sites is 1. The summed E-state index contributed by atoms with van der Waals surface area (Å²) >= 11 is 6.68. The Labute approximate surface area is 229 Å². The van der Waals surface area contributed by atoms with Gasteiger partial charge >= 0.3 is 0 Å². The molecule has 0 radical (unpaired) electrons. The zero-order chi connectivity index (χ0) is 25.4. The van der Waals surface area contributed by atoms with Gasteiger partial charge in [0.15, 0.2) is 9.84 Å². The zero-order valence-electron chi connectivity index (χ0n) is 20.7. The van der Waals surface area contributed by atoms with E-state index >= 15 is 0 Å². The van der Waals surface area contributed by atoms with Gasteiger partial charge in [-0.2, -0.15) is 13.5 Å². The number of H-pyrrole nitrogens is 1. The van der Waals surface area contributed by atoms with E-state index in [0.717, 1.165) is 40.8 Å². The molecule has 2 N–H and O–H groups in total. The van der Waals surface area contributed by atoms with Gasteiger partial charge in [-0.25, -0.2) is 13.4 Å². The molecule has 0 bridgehead atoms. The molecule has 0 amide bonds. The van der Waals surface area contributed by atoms with E-state index in [2.05, 4.69) is 4.98 Å². The molecule has 4 aromatic rings. The van der Waals surface area contributed by atoms with E-state index in [0.29, 0.717) is 21.3 Å². The third-order valence-electron chi connectivity index (χ3n) is 6.44. The number of hydrogen-bond acceptors (Lipinski definition) is 5. The molecule has 0 saturated heterocycles. The van der Waals surface area contributed by atoms with Gasteiger partial charge in [-0.3, -0.25) is 0 Å². The molecule has 1 saturated carbocycles. The third kappa shape index (κ3) is 5.98. The fourth-order valence-electron chi connectivity index (χ4n) is 4.42. The minimum absolute atomic E-state index is 0. The van der Waals surface area contributed by atoms with Gasteiger partial charge in [0.2, 0.25) is 0 Å². The van der Waals surface area contributed by atoms with Crippen LogP contribution < -0.4 is 4.74 Å². The predicted molar refractivity (Wildman–Crippen MR) is 153 cm³/mol. The maximum atomic E-state index is 12.6. The Morgan fingerprint density at radius 3 is 2.43 bits per heavy atom. The molecule has 1 atom stereocenters. The number of fused-ring (bicyclic) bond motifs is 1. The maximum absolute atomic E-state index is 12.6. The van der Waals surface area contributed by atoms with Crippen LogP contribution in [0.25, 0.3) is 22.2 Å². The lowest BCUT2D eigenvalue weighted by atomic mass is 9.99. The van der Waals surface area contributed by atoms with Gasteiger partial charge < -0.3 is 14.8 Å². The molecule has 196 valence electrons. The summed E-state index contributed by atoms with van der Waals surface area (Å²) in [4.78, 5) is 8.37. The molecule has 0 unspecified atom stereocenters. The van der Waals surface area contributed by atoms with Crippen molar-refractivity contribution in [3.05, 3.63) is 77.1 Å². The highest BCUT2D eigenvalue weighted by Crippen LogP contribution is 2.38. The van der Waals surface area contributed by atoms with Crippen molar-refractivity contribution < 1.29 is 18.3 Å². The number of nitrogens with zero attached hydrogens (tertiary/aromatic N) is 1. The summed E-state index contributed by atoms with van der Waals surface area (Å²) in [5.41, 5.74) is 3.94. The summed E-state index contributed by atoms with van der Waals surface area (Å²) in [6.07, 6.45) is 1.99. The normalized spacial score (nSPS) is 14.5. The number of halogens is 1. The quantitative estimate of drug-likeness (QED) is 0.259. The largest absolute Gasteiger partial charge is 0.490 e. The molecule has 3 aromatic carbocycles. The molecule has 1 fully saturated rings. The van der Waals surface area contributed by atoms with Crippen molar-refractivity contribution in [3.8, 4) is 16.9 Å². The summed E-state index contributed by atoms with van der Waals surface area (Å²) in [6.45, 7) is 3.77. The standard InChI is InChI=1S/C28H29ClN2O4S.H2S/c1-17(2)35-27-6-4-3-5-21(27)22-13-25-26(14-24(22)29)31-28(30-25)23(15-32)19-9-11-20(12-10-19)36(33,34)16-18-7-8-18;/h3-6,9-14,17-18,23,32H,7-8,15-16H2,1-2H3,(H,30,31);1H2/t23-;/m0./s1. The number of aliphatic hydroxyl groups excluding tert-OH is 1. The fraction of sp³-hybridized carbons (Fsp3) is 0.321. The molecular formula is C28H31ClN2O4S2. The van der Waals surface area contributed by atoms with Crippen LogP contribution in [0.2, 0.25) is 5.02 Å². The second-order valence-corrected chi connectivity index (χ2v) is 12.1. The van der Waals surface area contributed by atoms with E-state index in [1.165, 1.54) is 0 Å². The molecule has 1 heterocycles. The highest BCUT2D eigenvalue weighted by molar-refractivity contribution is 7.91. The molecule has 1 aliphatic rings. The molecule has 37 heavy (non-hydrogen) atoms. The van der Waals surface area contributed by atoms with E-state index in [1.54, 1.807) is 24.3 Å². The van der Waals surface area contributed by atoms with Crippen molar-refractivity contribution in [2.45, 2.75) is 43.6 Å². The van der Waals surface area contributed by atoms with Crippen LogP contribution in [0.3, 0.4) is 0 Å². The van der Waals surface area contributed by atoms with E-state index in [-0.39, 0.29) is 37.9 Å². The summed E-state index contributed by atoms with van der Waals surface area (Å²) < 4.78 is 31.2. The summed E-state index contributed by atoms with van der Waals surface area (Å²) in [5, 5.41) is 10.8. The van der Waals surface area contributed by atoms with E-state index in [1.807, 2.05) is 50.2 Å². The number of hydrogen-bond donors (Lipinski definition) is 2. The van der Waals surface area contributed by atoms with E-state index < -0.39 is 15.8 Å². The van der Waals surface area contributed by atoms with Crippen molar-refractivity contribution >= 4 is 46.0 Å². The SMILES string of the molecule is CC(C)Oc1ccccc1-c1cc2nc([C@@H](CO)c3ccc(S(=O)(=O)CC4CC4)cc3)[nH]c2cc1Cl.S. The van der Waals surface area contributed by atoms with Crippen LogP contribution >= 0.6 is 25.1 Å². The van der Waals surface area contributed by atoms with Crippen molar-refractivity contribution in [2.24, 2.45) is 5.92 Å². The highest BCUT2D eigenvalue weighted by Gasteiger charge is 2.29. The number of nitrogens with one attached hydrogen (secondary N) is 1. The molecule has 9 heteroatoms. The topological polar surface area (TPSA) is 92.3 Å². The average molecular weight is 559 g/mol. The highest BCUT2D eigenvalue weighted by atomic mass is 35.5. The van der Waals surface area contributed by atoms with Crippen molar-refractivity contribution in [1.82, 2.24) is 9.97 Å². The molecule has 5 rings (SSSR count). The number of rotatable bonds is 9. The molecule has 0 spiro atoms. The van der Waals surface area contributed by atoms with Gasteiger partial charge in [-0.15, -0.1) is 0 Å². The smallest absolute Gasteiger partial charge is 0.178 e. The first-order valence-electron chi connectivity index (χ1n) is 12.1. The average Bonchev–Trinajstić information content (AvgIpc) is 3.55. The third-order valence-corrected chi connectivity index (χ3v) is 8.65. The minimum atomic E-state index is -3.29. The molecule has 1 aliphatic carbocycles. The summed E-state index contributed by atoms with van der Waals surface area (Å²) in [5.74, 6) is 1.39. The van der Waals surface area contributed by atoms with Gasteiger partial charge in [-0.1, -0.05) is 41.9 Å². The van der Waals surface area contributed by atoms with Crippen molar-refractivity contribution in [1.29, 1.82) is 0 Å². The van der Waals surface area contributed by atoms with E-state index in [9.17, 15) is 13.5 Å². The van der Waals surface area contributed by atoms with Crippen LogP contribution in [-0.4, -0.2) is 42.0 Å². The van der Waals surface area contributed by atoms with Crippen LogP contribution in [0.15, 0.2) is 65.6 Å². The summed E-state index contributed by atoms with van der Waals surface area (Å²) in [6, 6.07) is 18.3. The van der Waals surface area contributed by atoms with Crippen LogP contribution in [0.4, 0.5) is 0 Å². The van der Waals surface area contributed by atoms with Gasteiger partial charge in [0, 0.05) is 11.1 Å². The van der Waals surface area contributed by atoms with Gasteiger partial charge in [0.1, 0.15) is 11.6 Å². The molecular weight excluding hydrogens is 528 g/mol. The van der Waals surface area contributed by atoms with Gasteiger partial charge in [0.05, 0.1) is 45.3 Å². The molecule has 0 aliphatic heterocycles. The monoisotopic (exact) mass is 558 g/mol. The Hall–Kier alpha value is -2.52. The zero-order valence-corrected chi connectivity index (χ0v) is 23.3. The lowest BCUT2D eigenvalue weighted by Gasteiger charge is -2.15. The van der Waals surface area contributed by atoms with Crippen molar-refractivity contribution in [2.75, 3.05) is 12.4 Å². The first kappa shape index (κ1) is 27.5. The summed E-state index contributed by atoms with van der Waals surface area (Å²) in [7, 11) is -3.29. The van der Waals surface area contributed by atoms with Gasteiger partial charge in [-0.05, 0) is 68.5 Å². The Kier molecular flexibility index (Phi) is 8.23. The second kappa shape index (κ2) is 11.1.